The molecular weight excluding hydrogens is 327 g/mol. The number of hydrogen-bond donors (Lipinski definition) is 2. The lowest BCUT2D eigenvalue weighted by molar-refractivity contribution is -0.141. The summed E-state index contributed by atoms with van der Waals surface area (Å²) in [5.41, 5.74) is -0.479. The lowest BCUT2D eigenvalue weighted by atomic mass is 10.2. The largest absolute Gasteiger partial charge is 0.478 e. The van der Waals surface area contributed by atoms with Crippen LogP contribution in [0.25, 0.3) is 0 Å². The first-order chi connectivity index (χ1) is 11.1. The summed E-state index contributed by atoms with van der Waals surface area (Å²) in [5.74, 6) is -1.67. The average molecular weight is 341 g/mol. The molecule has 1 amide bonds. The number of carboxylic acid groups (broad SMARTS) is 1. The zero-order chi connectivity index (χ0) is 18.1. The van der Waals surface area contributed by atoms with Crippen molar-refractivity contribution in [2.45, 2.75) is 26.1 Å². The molecule has 0 fully saturated rings. The molecule has 2 rings (SSSR count). The van der Waals surface area contributed by atoms with Gasteiger partial charge < -0.3 is 10.4 Å². The van der Waals surface area contributed by atoms with E-state index in [0.717, 1.165) is 10.7 Å². The van der Waals surface area contributed by atoms with Gasteiger partial charge in [0.25, 0.3) is 0 Å². The van der Waals surface area contributed by atoms with E-state index < -0.39 is 29.8 Å². The molecule has 0 spiro atoms. The Morgan fingerprint density at radius 1 is 1.25 bits per heavy atom. The van der Waals surface area contributed by atoms with E-state index in [0.29, 0.717) is 5.69 Å². The number of alkyl halides is 3. The molecule has 0 aliphatic rings. The predicted molar refractivity (Wildman–Crippen MR) is 78.7 cm³/mol. The van der Waals surface area contributed by atoms with Crippen LogP contribution in [0.3, 0.4) is 0 Å². The third-order valence-electron chi connectivity index (χ3n) is 3.36. The summed E-state index contributed by atoms with van der Waals surface area (Å²) >= 11 is 0. The second-order valence-electron chi connectivity index (χ2n) is 5.16. The van der Waals surface area contributed by atoms with Crippen molar-refractivity contribution in [1.82, 2.24) is 9.78 Å². The number of aryl methyl sites for hydroxylation is 1. The van der Waals surface area contributed by atoms with Crippen molar-refractivity contribution in [3.05, 3.63) is 47.3 Å². The summed E-state index contributed by atoms with van der Waals surface area (Å²) in [4.78, 5) is 22.9. The second kappa shape index (κ2) is 6.34. The lowest BCUT2D eigenvalue weighted by Crippen LogP contribution is -2.25. The Morgan fingerprint density at radius 2 is 1.83 bits per heavy atom. The monoisotopic (exact) mass is 341 g/mol. The van der Waals surface area contributed by atoms with Crippen LogP contribution in [0, 0.1) is 6.92 Å². The van der Waals surface area contributed by atoms with Gasteiger partial charge in [0.1, 0.15) is 6.04 Å². The zero-order valence-electron chi connectivity index (χ0n) is 12.8. The van der Waals surface area contributed by atoms with E-state index in [4.69, 9.17) is 5.11 Å². The van der Waals surface area contributed by atoms with Crippen molar-refractivity contribution in [3.63, 3.8) is 0 Å². The Kier molecular flexibility index (Phi) is 4.63. The van der Waals surface area contributed by atoms with Crippen molar-refractivity contribution in [3.8, 4) is 0 Å². The van der Waals surface area contributed by atoms with Crippen molar-refractivity contribution in [1.29, 1.82) is 0 Å². The van der Waals surface area contributed by atoms with Gasteiger partial charge in [-0.1, -0.05) is 0 Å². The molecule has 1 aromatic carbocycles. The number of nitrogens with zero attached hydrogens (tertiary/aromatic N) is 2. The number of aromatic carboxylic acids is 1. The highest BCUT2D eigenvalue weighted by Gasteiger charge is 2.35. The van der Waals surface area contributed by atoms with Gasteiger partial charge in [0, 0.05) is 11.4 Å². The van der Waals surface area contributed by atoms with Gasteiger partial charge in [-0.05, 0) is 44.2 Å². The number of aromatic nitrogens is 2. The molecule has 0 aliphatic carbocycles. The van der Waals surface area contributed by atoms with Gasteiger partial charge in [-0.2, -0.15) is 18.3 Å². The van der Waals surface area contributed by atoms with E-state index in [1.54, 1.807) is 0 Å². The van der Waals surface area contributed by atoms with E-state index in [1.165, 1.54) is 38.1 Å². The Morgan fingerprint density at radius 3 is 2.29 bits per heavy atom. The number of benzene rings is 1. The van der Waals surface area contributed by atoms with Crippen LogP contribution in [-0.2, 0) is 11.0 Å². The number of carbonyl (C=O) groups excluding carboxylic acids is 1. The fraction of sp³-hybridized carbons (Fsp3) is 0.267. The highest BCUT2D eigenvalue weighted by molar-refractivity contribution is 5.94. The van der Waals surface area contributed by atoms with Crippen molar-refractivity contribution >= 4 is 17.6 Å². The number of hydrogen-bond acceptors (Lipinski definition) is 3. The topological polar surface area (TPSA) is 84.2 Å². The number of halogens is 3. The van der Waals surface area contributed by atoms with Gasteiger partial charge in [0.2, 0.25) is 5.91 Å². The first kappa shape index (κ1) is 17.5. The van der Waals surface area contributed by atoms with Crippen LogP contribution in [0.15, 0.2) is 30.3 Å². The third-order valence-corrected chi connectivity index (χ3v) is 3.36. The van der Waals surface area contributed by atoms with Gasteiger partial charge in [-0.3, -0.25) is 9.48 Å². The molecule has 1 aromatic heterocycles. The van der Waals surface area contributed by atoms with Gasteiger partial charge in [0.05, 0.1) is 5.56 Å². The Balaban J connectivity index is 2.15. The SMILES string of the molecule is Cc1cc(C(F)(F)F)nn1C(C)C(=O)Nc1ccc(C(=O)O)cc1. The zero-order valence-corrected chi connectivity index (χ0v) is 12.8. The minimum absolute atomic E-state index is 0.0544. The Labute approximate surface area is 134 Å². The summed E-state index contributed by atoms with van der Waals surface area (Å²) in [6, 6.07) is 5.30. The first-order valence-electron chi connectivity index (χ1n) is 6.87. The molecule has 9 heteroatoms. The number of carbonyl (C=O) groups is 2. The van der Waals surface area contributed by atoms with Gasteiger partial charge in [-0.25, -0.2) is 4.79 Å². The first-order valence-corrected chi connectivity index (χ1v) is 6.87. The van der Waals surface area contributed by atoms with Crippen molar-refractivity contribution in [2.75, 3.05) is 5.32 Å². The average Bonchev–Trinajstić information content (AvgIpc) is 2.89. The number of amides is 1. The molecule has 0 saturated carbocycles. The van der Waals surface area contributed by atoms with E-state index in [9.17, 15) is 22.8 Å². The van der Waals surface area contributed by atoms with E-state index in [2.05, 4.69) is 10.4 Å². The number of carboxylic acids is 1. The van der Waals surface area contributed by atoms with E-state index in [-0.39, 0.29) is 11.3 Å². The van der Waals surface area contributed by atoms with E-state index >= 15 is 0 Å². The molecule has 0 saturated heterocycles. The maximum Gasteiger partial charge on any atom is 0.435 e. The van der Waals surface area contributed by atoms with Crippen LogP contribution in [0.2, 0.25) is 0 Å². The van der Waals surface area contributed by atoms with Crippen LogP contribution >= 0.6 is 0 Å². The Hall–Kier alpha value is -2.84. The molecule has 0 bridgehead atoms. The van der Waals surface area contributed by atoms with Crippen LogP contribution < -0.4 is 5.32 Å². The van der Waals surface area contributed by atoms with Crippen LogP contribution in [0.1, 0.15) is 34.7 Å². The summed E-state index contributed by atoms with van der Waals surface area (Å²) in [6.45, 7) is 2.84. The van der Waals surface area contributed by atoms with Crippen LogP contribution in [0.4, 0.5) is 18.9 Å². The highest BCUT2D eigenvalue weighted by atomic mass is 19.4. The van der Waals surface area contributed by atoms with Gasteiger partial charge >= 0.3 is 12.1 Å². The normalized spacial score (nSPS) is 12.7. The summed E-state index contributed by atoms with van der Waals surface area (Å²) < 4.78 is 39.0. The molecule has 0 aliphatic heterocycles. The minimum Gasteiger partial charge on any atom is -0.478 e. The van der Waals surface area contributed by atoms with Crippen molar-refractivity contribution < 1.29 is 27.9 Å². The molecule has 2 aromatic rings. The Bertz CT molecular complexity index is 767. The third kappa shape index (κ3) is 3.73. The summed E-state index contributed by atoms with van der Waals surface area (Å²) in [6.07, 6.45) is -4.58. The molecule has 24 heavy (non-hydrogen) atoms. The van der Waals surface area contributed by atoms with Crippen molar-refractivity contribution in [2.24, 2.45) is 0 Å². The quantitative estimate of drug-likeness (QED) is 0.895. The minimum atomic E-state index is -4.58. The van der Waals surface area contributed by atoms with Crippen LogP contribution in [-0.4, -0.2) is 26.8 Å². The maximum absolute atomic E-state index is 12.7. The van der Waals surface area contributed by atoms with Gasteiger partial charge in [-0.15, -0.1) is 0 Å². The highest BCUT2D eigenvalue weighted by Crippen LogP contribution is 2.29. The fourth-order valence-electron chi connectivity index (χ4n) is 2.07. The standard InChI is InChI=1S/C15H14F3N3O3/c1-8-7-12(15(16,17)18)20-21(8)9(2)13(22)19-11-5-3-10(4-6-11)14(23)24/h3-7,9H,1-2H3,(H,19,22)(H,23,24). The molecule has 1 atom stereocenters. The summed E-state index contributed by atoms with van der Waals surface area (Å²) in [5, 5.41) is 14.7. The van der Waals surface area contributed by atoms with Gasteiger partial charge in [0.15, 0.2) is 5.69 Å². The number of nitrogens with one attached hydrogen (secondary N) is 1. The number of anilines is 1. The predicted octanol–water partition coefficient (Wildman–Crippen LogP) is 3.11. The maximum atomic E-state index is 12.7. The number of rotatable bonds is 4. The lowest BCUT2D eigenvalue weighted by Gasteiger charge is -2.14. The smallest absolute Gasteiger partial charge is 0.435 e. The molecule has 1 heterocycles. The molecule has 128 valence electrons. The summed E-state index contributed by atoms with van der Waals surface area (Å²) in [7, 11) is 0. The fourth-order valence-corrected chi connectivity index (χ4v) is 2.07. The van der Waals surface area contributed by atoms with E-state index in [1.807, 2.05) is 0 Å². The van der Waals surface area contributed by atoms with Crippen LogP contribution in [0.5, 0.6) is 0 Å². The second-order valence-corrected chi connectivity index (χ2v) is 5.16. The molecule has 1 unspecified atom stereocenters. The molecular formula is C15H14F3N3O3. The molecule has 0 radical (unpaired) electrons. The molecule has 6 nitrogen and oxygen atoms in total. The molecule has 2 N–H and O–H groups in total.